The Labute approximate surface area is 150 Å². The Balaban J connectivity index is 1.76. The smallest absolute Gasteiger partial charge is 0.138 e. The van der Waals surface area contributed by atoms with Crippen molar-refractivity contribution in [3.05, 3.63) is 58.7 Å². The highest BCUT2D eigenvalue weighted by atomic mass is 16.1. The molecule has 0 heterocycles. The number of hydrogen-bond acceptors (Lipinski definition) is 1. The highest BCUT2D eigenvalue weighted by Gasteiger charge is 2.51. The van der Waals surface area contributed by atoms with Gasteiger partial charge in [0, 0.05) is 18.3 Å². The number of benzene rings is 2. The summed E-state index contributed by atoms with van der Waals surface area (Å²) in [6.45, 7) is 4.60. The van der Waals surface area contributed by atoms with Gasteiger partial charge in [-0.05, 0) is 71.0 Å². The van der Waals surface area contributed by atoms with Crippen LogP contribution in [0, 0.1) is 5.92 Å². The zero-order chi connectivity index (χ0) is 17.2. The molecule has 1 spiro atoms. The minimum absolute atomic E-state index is 0.103. The maximum Gasteiger partial charge on any atom is 0.138 e. The largest absolute Gasteiger partial charge is 0.299 e. The van der Waals surface area contributed by atoms with Crippen molar-refractivity contribution >= 4 is 16.6 Å². The molecular weight excluding hydrogens is 304 g/mol. The fourth-order valence-electron chi connectivity index (χ4n) is 5.81. The highest BCUT2D eigenvalue weighted by molar-refractivity contribution is 5.92. The first-order chi connectivity index (χ1) is 12.1. The molecule has 0 radical (unpaired) electrons. The zero-order valence-corrected chi connectivity index (χ0v) is 15.3. The lowest BCUT2D eigenvalue weighted by Crippen LogP contribution is -2.39. The van der Waals surface area contributed by atoms with Gasteiger partial charge in [-0.15, -0.1) is 0 Å². The summed E-state index contributed by atoms with van der Waals surface area (Å²) >= 11 is 0. The van der Waals surface area contributed by atoms with Gasteiger partial charge in [-0.25, -0.2) is 0 Å². The SMILES string of the molecule is CCC(C)c1cccc2cc3c(cc12)C1(CC(=O)C3)CC2=CCC1C2. The predicted molar refractivity (Wildman–Crippen MR) is 103 cm³/mol. The van der Waals surface area contributed by atoms with E-state index in [2.05, 4.69) is 50.3 Å². The molecule has 1 nitrogen and oxygen atoms in total. The average molecular weight is 330 g/mol. The molecule has 25 heavy (non-hydrogen) atoms. The lowest BCUT2D eigenvalue weighted by molar-refractivity contribution is -0.120. The second-order valence-electron chi connectivity index (χ2n) is 8.61. The van der Waals surface area contributed by atoms with E-state index in [4.69, 9.17) is 0 Å². The van der Waals surface area contributed by atoms with E-state index in [1.807, 2.05) is 0 Å². The van der Waals surface area contributed by atoms with E-state index in [1.54, 1.807) is 5.57 Å². The predicted octanol–water partition coefficient (Wildman–Crippen LogP) is 5.85. The average Bonchev–Trinajstić information content (AvgIpc) is 3.20. The van der Waals surface area contributed by atoms with E-state index in [0.717, 1.165) is 19.3 Å². The normalized spacial score (nSPS) is 28.5. The van der Waals surface area contributed by atoms with Gasteiger partial charge in [-0.3, -0.25) is 4.79 Å². The minimum Gasteiger partial charge on any atom is -0.299 e. The van der Waals surface area contributed by atoms with E-state index in [9.17, 15) is 4.79 Å². The summed E-state index contributed by atoms with van der Waals surface area (Å²) in [5.74, 6) is 1.67. The van der Waals surface area contributed by atoms with Crippen LogP contribution in [-0.4, -0.2) is 5.78 Å². The quantitative estimate of drug-likeness (QED) is 0.632. The van der Waals surface area contributed by atoms with Crippen LogP contribution in [0.4, 0.5) is 0 Å². The lowest BCUT2D eigenvalue weighted by atomic mass is 9.62. The Morgan fingerprint density at radius 1 is 1.24 bits per heavy atom. The topological polar surface area (TPSA) is 17.1 Å². The van der Waals surface area contributed by atoms with Crippen molar-refractivity contribution in [2.45, 2.75) is 63.7 Å². The van der Waals surface area contributed by atoms with Crippen molar-refractivity contribution in [2.75, 3.05) is 0 Å². The van der Waals surface area contributed by atoms with Crippen molar-refractivity contribution in [3.63, 3.8) is 0 Å². The van der Waals surface area contributed by atoms with Crippen LogP contribution in [0.25, 0.3) is 10.8 Å². The first kappa shape index (κ1) is 15.4. The number of allylic oxidation sites excluding steroid dienone is 2. The van der Waals surface area contributed by atoms with Crippen LogP contribution in [0.2, 0.25) is 0 Å². The van der Waals surface area contributed by atoms with Crippen LogP contribution in [-0.2, 0) is 16.6 Å². The van der Waals surface area contributed by atoms with Crippen LogP contribution >= 0.6 is 0 Å². The molecule has 0 amide bonds. The van der Waals surface area contributed by atoms with Crippen LogP contribution in [0.3, 0.4) is 0 Å². The minimum atomic E-state index is 0.103. The Hall–Kier alpha value is -1.89. The Morgan fingerprint density at radius 2 is 2.12 bits per heavy atom. The maximum atomic E-state index is 12.6. The summed E-state index contributed by atoms with van der Waals surface area (Å²) in [6, 6.07) is 11.5. The van der Waals surface area contributed by atoms with Gasteiger partial charge in [0.15, 0.2) is 0 Å². The number of hydrogen-bond donors (Lipinski definition) is 0. The molecule has 1 saturated carbocycles. The fraction of sp³-hybridized carbons (Fsp3) is 0.458. The van der Waals surface area contributed by atoms with Crippen molar-refractivity contribution in [1.82, 2.24) is 0 Å². The molecule has 1 heteroatoms. The van der Waals surface area contributed by atoms with Gasteiger partial charge < -0.3 is 0 Å². The van der Waals surface area contributed by atoms with Crippen molar-refractivity contribution in [3.8, 4) is 0 Å². The molecule has 0 aliphatic heterocycles. The fourth-order valence-corrected chi connectivity index (χ4v) is 5.81. The number of fused-ring (bicyclic) bond motifs is 6. The molecule has 128 valence electrons. The Kier molecular flexibility index (Phi) is 3.26. The summed E-state index contributed by atoms with van der Waals surface area (Å²) in [5.41, 5.74) is 5.98. The van der Waals surface area contributed by atoms with E-state index in [-0.39, 0.29) is 5.41 Å². The number of ketones is 1. The molecular formula is C24H26O. The van der Waals surface area contributed by atoms with Crippen molar-refractivity contribution < 1.29 is 4.79 Å². The number of rotatable bonds is 2. The van der Waals surface area contributed by atoms with E-state index >= 15 is 0 Å². The maximum absolute atomic E-state index is 12.6. The standard InChI is InChI=1S/C24H26O/c1-3-15(2)21-6-4-5-17-10-18-11-20(25)14-24(23(18)12-22(17)21)13-16-7-8-19(24)9-16/h4-7,10,12,15,19H,3,8-9,11,13-14H2,1-2H3. The van der Waals surface area contributed by atoms with Crippen LogP contribution in [0.5, 0.6) is 0 Å². The van der Waals surface area contributed by atoms with Crippen molar-refractivity contribution in [1.29, 1.82) is 0 Å². The summed E-state index contributed by atoms with van der Waals surface area (Å²) in [5, 5.41) is 2.73. The monoisotopic (exact) mass is 330 g/mol. The number of carbonyl (C=O) groups excluding carboxylic acids is 1. The molecule has 1 fully saturated rings. The van der Waals surface area contributed by atoms with Crippen LogP contribution in [0.15, 0.2) is 42.0 Å². The Morgan fingerprint density at radius 3 is 2.84 bits per heavy atom. The lowest BCUT2D eigenvalue weighted by Gasteiger charge is -2.41. The van der Waals surface area contributed by atoms with Gasteiger partial charge in [0.1, 0.15) is 5.78 Å². The second kappa shape index (κ2) is 5.30. The third kappa shape index (κ3) is 2.11. The summed E-state index contributed by atoms with van der Waals surface area (Å²) < 4.78 is 0. The van der Waals surface area contributed by atoms with Gasteiger partial charge in [-0.1, -0.05) is 49.8 Å². The van der Waals surface area contributed by atoms with Gasteiger partial charge in [0.2, 0.25) is 0 Å². The highest BCUT2D eigenvalue weighted by Crippen LogP contribution is 2.58. The molecule has 0 N–H and O–H groups in total. The number of carbonyl (C=O) groups is 1. The van der Waals surface area contributed by atoms with Crippen molar-refractivity contribution in [2.24, 2.45) is 5.92 Å². The third-order valence-corrected chi connectivity index (χ3v) is 7.24. The summed E-state index contributed by atoms with van der Waals surface area (Å²) in [4.78, 5) is 12.6. The molecule has 3 atom stereocenters. The third-order valence-electron chi connectivity index (χ3n) is 7.24. The van der Waals surface area contributed by atoms with E-state index in [0.29, 0.717) is 24.0 Å². The van der Waals surface area contributed by atoms with E-state index < -0.39 is 0 Å². The zero-order valence-electron chi connectivity index (χ0n) is 15.3. The van der Waals surface area contributed by atoms with Gasteiger partial charge in [0.25, 0.3) is 0 Å². The van der Waals surface area contributed by atoms with Gasteiger partial charge >= 0.3 is 0 Å². The van der Waals surface area contributed by atoms with Gasteiger partial charge in [0.05, 0.1) is 0 Å². The molecule has 0 aromatic heterocycles. The number of Topliss-reactive ketones (excluding diaryl/α,β-unsaturated/α-hetero) is 1. The molecule has 2 bridgehead atoms. The molecule has 0 saturated heterocycles. The molecule has 2 aromatic rings. The Bertz CT molecular complexity index is 919. The first-order valence-electron chi connectivity index (χ1n) is 9.86. The van der Waals surface area contributed by atoms with E-state index in [1.165, 1.54) is 40.3 Å². The molecule has 3 unspecified atom stereocenters. The summed E-state index contributed by atoms with van der Waals surface area (Å²) in [7, 11) is 0. The van der Waals surface area contributed by atoms with Crippen LogP contribution < -0.4 is 0 Å². The first-order valence-corrected chi connectivity index (χ1v) is 9.86. The molecule has 5 rings (SSSR count). The summed E-state index contributed by atoms with van der Waals surface area (Å²) in [6.07, 6.45) is 8.50. The second-order valence-corrected chi connectivity index (χ2v) is 8.61. The molecule has 2 aromatic carbocycles. The van der Waals surface area contributed by atoms with Gasteiger partial charge in [-0.2, -0.15) is 0 Å². The van der Waals surface area contributed by atoms with Crippen LogP contribution in [0.1, 0.15) is 68.6 Å². The molecule has 3 aliphatic carbocycles. The molecule has 3 aliphatic rings.